The standard InChI is InChI=1S/C31H43N3O2S/c32-29(35)23-27(20-10-18-24-12-4-1-5-13-24)30(36)34-28(22-26-16-8-3-9-17-26)31(37)33-21-11-19-25-14-6-2-7-15-25/h1-2,4-7,12-15,26-28H,3,8-11,16-23H2,(H2,32,35)(H,33,37)(H,34,36)/t27-,28+/m1/s1. The predicted molar refractivity (Wildman–Crippen MR) is 155 cm³/mol. The zero-order valence-corrected chi connectivity index (χ0v) is 22.8. The van der Waals surface area contributed by atoms with E-state index in [4.69, 9.17) is 18.0 Å². The molecule has 0 saturated heterocycles. The lowest BCUT2D eigenvalue weighted by Crippen LogP contribution is -2.49. The molecule has 2 aromatic rings. The Morgan fingerprint density at radius 1 is 0.892 bits per heavy atom. The number of carbonyl (C=O) groups is 2. The van der Waals surface area contributed by atoms with Crippen LogP contribution in [0.15, 0.2) is 60.7 Å². The Balaban J connectivity index is 1.56. The van der Waals surface area contributed by atoms with Gasteiger partial charge in [0, 0.05) is 18.9 Å². The van der Waals surface area contributed by atoms with E-state index in [0.29, 0.717) is 17.3 Å². The van der Waals surface area contributed by atoms with E-state index in [1.54, 1.807) is 0 Å². The summed E-state index contributed by atoms with van der Waals surface area (Å²) in [6.45, 7) is 0.770. The lowest BCUT2D eigenvalue weighted by molar-refractivity contribution is -0.129. The van der Waals surface area contributed by atoms with Crippen molar-refractivity contribution in [1.82, 2.24) is 10.6 Å². The molecule has 2 atom stereocenters. The number of hydrogen-bond donors (Lipinski definition) is 3. The summed E-state index contributed by atoms with van der Waals surface area (Å²) in [6.07, 6.45) is 11.3. The lowest BCUT2D eigenvalue weighted by Gasteiger charge is -2.29. The molecule has 37 heavy (non-hydrogen) atoms. The third-order valence-electron chi connectivity index (χ3n) is 7.39. The number of benzene rings is 2. The number of nitrogens with two attached hydrogens (primary N) is 1. The largest absolute Gasteiger partial charge is 0.378 e. The van der Waals surface area contributed by atoms with Gasteiger partial charge >= 0.3 is 0 Å². The maximum atomic E-state index is 13.4. The highest BCUT2D eigenvalue weighted by Crippen LogP contribution is 2.28. The van der Waals surface area contributed by atoms with Crippen molar-refractivity contribution in [2.75, 3.05) is 6.54 Å². The van der Waals surface area contributed by atoms with Crippen LogP contribution >= 0.6 is 12.2 Å². The van der Waals surface area contributed by atoms with Crippen LogP contribution in [0.5, 0.6) is 0 Å². The number of thiocarbonyl (C=S) groups is 1. The molecule has 0 radical (unpaired) electrons. The Hall–Kier alpha value is -2.73. The van der Waals surface area contributed by atoms with E-state index in [-0.39, 0.29) is 18.4 Å². The fourth-order valence-electron chi connectivity index (χ4n) is 5.32. The van der Waals surface area contributed by atoms with Gasteiger partial charge in [-0.25, -0.2) is 0 Å². The molecule has 1 aliphatic rings. The van der Waals surface area contributed by atoms with Crippen molar-refractivity contribution in [2.24, 2.45) is 17.6 Å². The van der Waals surface area contributed by atoms with E-state index >= 15 is 0 Å². The first-order chi connectivity index (χ1) is 18.0. The molecule has 1 saturated carbocycles. The SMILES string of the molecule is NC(=O)C[C@@H](CCCc1ccccc1)C(=O)N[C@@H](CC1CCCCC1)C(=S)NCCCc1ccccc1. The molecular formula is C31H43N3O2S. The number of carbonyl (C=O) groups excluding carboxylic acids is 2. The van der Waals surface area contributed by atoms with Crippen molar-refractivity contribution in [1.29, 1.82) is 0 Å². The first-order valence-corrected chi connectivity index (χ1v) is 14.4. The Morgan fingerprint density at radius 3 is 2.08 bits per heavy atom. The fourth-order valence-corrected chi connectivity index (χ4v) is 5.57. The number of rotatable bonds is 15. The molecule has 0 aromatic heterocycles. The minimum atomic E-state index is -0.440. The van der Waals surface area contributed by atoms with Gasteiger partial charge in [0.2, 0.25) is 11.8 Å². The molecule has 0 spiro atoms. The van der Waals surface area contributed by atoms with Crippen molar-refractivity contribution in [3.05, 3.63) is 71.8 Å². The summed E-state index contributed by atoms with van der Waals surface area (Å²) >= 11 is 5.80. The van der Waals surface area contributed by atoms with Crippen LogP contribution in [0.25, 0.3) is 0 Å². The van der Waals surface area contributed by atoms with Crippen LogP contribution in [0.4, 0.5) is 0 Å². The normalized spacial score (nSPS) is 15.5. The van der Waals surface area contributed by atoms with Gasteiger partial charge in [-0.15, -0.1) is 0 Å². The van der Waals surface area contributed by atoms with E-state index in [9.17, 15) is 9.59 Å². The number of primary amides is 1. The van der Waals surface area contributed by atoms with E-state index in [1.807, 2.05) is 24.3 Å². The lowest BCUT2D eigenvalue weighted by atomic mass is 9.84. The second-order valence-electron chi connectivity index (χ2n) is 10.4. The van der Waals surface area contributed by atoms with Crippen LogP contribution in [0.2, 0.25) is 0 Å². The summed E-state index contributed by atoms with van der Waals surface area (Å²) in [4.78, 5) is 25.9. The van der Waals surface area contributed by atoms with Crippen LogP contribution < -0.4 is 16.4 Å². The molecule has 3 rings (SSSR count). The second-order valence-corrected chi connectivity index (χ2v) is 10.9. The number of amides is 2. The van der Waals surface area contributed by atoms with Crippen LogP contribution in [0, 0.1) is 11.8 Å². The number of hydrogen-bond acceptors (Lipinski definition) is 3. The highest BCUT2D eigenvalue weighted by Gasteiger charge is 2.27. The molecule has 2 aromatic carbocycles. The van der Waals surface area contributed by atoms with Crippen LogP contribution in [0.1, 0.15) is 75.3 Å². The summed E-state index contributed by atoms with van der Waals surface area (Å²) in [5.41, 5.74) is 8.07. The van der Waals surface area contributed by atoms with Crippen molar-refractivity contribution in [2.45, 2.75) is 83.1 Å². The van der Waals surface area contributed by atoms with Gasteiger partial charge in [-0.05, 0) is 55.6 Å². The zero-order chi connectivity index (χ0) is 26.3. The average molecular weight is 522 g/mol. The van der Waals surface area contributed by atoms with Crippen molar-refractivity contribution < 1.29 is 9.59 Å². The van der Waals surface area contributed by atoms with Gasteiger partial charge in [-0.1, -0.05) is 105 Å². The smallest absolute Gasteiger partial charge is 0.224 e. The quantitative estimate of drug-likeness (QED) is 0.213. The van der Waals surface area contributed by atoms with Crippen molar-refractivity contribution >= 4 is 29.0 Å². The second kappa shape index (κ2) is 16.2. The molecule has 2 amide bonds. The summed E-state index contributed by atoms with van der Waals surface area (Å²) in [6, 6.07) is 20.4. The van der Waals surface area contributed by atoms with Gasteiger partial charge in [0.15, 0.2) is 0 Å². The van der Waals surface area contributed by atoms with Crippen molar-refractivity contribution in [3.8, 4) is 0 Å². The molecule has 0 heterocycles. The van der Waals surface area contributed by atoms with E-state index in [1.165, 1.54) is 43.2 Å². The molecular weight excluding hydrogens is 478 g/mol. The highest BCUT2D eigenvalue weighted by molar-refractivity contribution is 7.80. The minimum absolute atomic E-state index is 0.0635. The van der Waals surface area contributed by atoms with Gasteiger partial charge in [0.05, 0.1) is 11.0 Å². The summed E-state index contributed by atoms with van der Waals surface area (Å²) in [5, 5.41) is 6.64. The maximum Gasteiger partial charge on any atom is 0.224 e. The van der Waals surface area contributed by atoms with Gasteiger partial charge in [-0.3, -0.25) is 9.59 Å². The van der Waals surface area contributed by atoms with Crippen LogP contribution in [0.3, 0.4) is 0 Å². The van der Waals surface area contributed by atoms with Gasteiger partial charge in [-0.2, -0.15) is 0 Å². The first kappa shape index (κ1) is 28.8. The van der Waals surface area contributed by atoms with E-state index in [0.717, 1.165) is 38.6 Å². The highest BCUT2D eigenvalue weighted by atomic mass is 32.1. The first-order valence-electron chi connectivity index (χ1n) is 14.0. The molecule has 4 N–H and O–H groups in total. The molecule has 0 unspecified atom stereocenters. The van der Waals surface area contributed by atoms with Crippen LogP contribution in [-0.4, -0.2) is 29.4 Å². The average Bonchev–Trinajstić information content (AvgIpc) is 2.91. The monoisotopic (exact) mass is 521 g/mol. The zero-order valence-electron chi connectivity index (χ0n) is 22.0. The molecule has 200 valence electrons. The molecule has 0 bridgehead atoms. The predicted octanol–water partition coefficient (Wildman–Crippen LogP) is 5.51. The number of aryl methyl sites for hydroxylation is 2. The third kappa shape index (κ3) is 11.0. The summed E-state index contributed by atoms with van der Waals surface area (Å²) in [7, 11) is 0. The van der Waals surface area contributed by atoms with Gasteiger partial charge < -0.3 is 16.4 Å². The minimum Gasteiger partial charge on any atom is -0.378 e. The Morgan fingerprint density at radius 2 is 1.49 bits per heavy atom. The van der Waals surface area contributed by atoms with E-state index in [2.05, 4.69) is 47.0 Å². The molecule has 1 aliphatic carbocycles. The topological polar surface area (TPSA) is 84.2 Å². The molecule has 6 heteroatoms. The summed E-state index contributed by atoms with van der Waals surface area (Å²) in [5.74, 6) is -0.418. The Bertz CT molecular complexity index is 961. The Labute approximate surface area is 228 Å². The van der Waals surface area contributed by atoms with Gasteiger partial charge in [0.25, 0.3) is 0 Å². The third-order valence-corrected chi connectivity index (χ3v) is 7.82. The van der Waals surface area contributed by atoms with Crippen LogP contribution in [-0.2, 0) is 22.4 Å². The summed E-state index contributed by atoms with van der Waals surface area (Å²) < 4.78 is 0. The van der Waals surface area contributed by atoms with Crippen molar-refractivity contribution in [3.63, 3.8) is 0 Å². The molecule has 1 fully saturated rings. The maximum absolute atomic E-state index is 13.4. The number of nitrogens with one attached hydrogen (secondary N) is 2. The molecule has 5 nitrogen and oxygen atoms in total. The van der Waals surface area contributed by atoms with Gasteiger partial charge in [0.1, 0.15) is 0 Å². The molecule has 0 aliphatic heterocycles. The Kier molecular flexibility index (Phi) is 12.6. The van der Waals surface area contributed by atoms with E-state index < -0.39 is 11.8 Å². The fraction of sp³-hybridized carbons (Fsp3) is 0.516.